The van der Waals surface area contributed by atoms with Gasteiger partial charge < -0.3 is 10.6 Å². The fourth-order valence-corrected chi connectivity index (χ4v) is 2.17. The number of aryl methyl sites for hydroxylation is 1. The Balaban J connectivity index is 1.76. The van der Waals surface area contributed by atoms with Gasteiger partial charge in [0.05, 0.1) is 6.42 Å². The number of amides is 3. The Morgan fingerprint density at radius 1 is 0.926 bits per heavy atom. The fraction of sp³-hybridized carbons (Fsp3) is 0.200. The maximum atomic E-state index is 12.0. The van der Waals surface area contributed by atoms with Crippen LogP contribution in [0, 0.1) is 6.92 Å². The van der Waals surface area contributed by atoms with Crippen molar-refractivity contribution in [2.24, 2.45) is 5.10 Å². The van der Waals surface area contributed by atoms with Gasteiger partial charge in [-0.2, -0.15) is 5.10 Å². The van der Waals surface area contributed by atoms with Gasteiger partial charge in [-0.25, -0.2) is 5.43 Å². The quantitative estimate of drug-likeness (QED) is 0.415. The highest BCUT2D eigenvalue weighted by Gasteiger charge is 2.12. The summed E-state index contributed by atoms with van der Waals surface area (Å²) in [4.78, 5) is 35.5. The first-order valence-electron chi connectivity index (χ1n) is 8.46. The smallest absolute Gasteiger partial charge is 0.329 e. The topological polar surface area (TPSA) is 99.7 Å². The van der Waals surface area contributed by atoms with Gasteiger partial charge in [-0.05, 0) is 31.5 Å². The molecular formula is C20H22N4O3. The summed E-state index contributed by atoms with van der Waals surface area (Å²) in [6.07, 6.45) is -0.000208. The number of hydrogen-bond acceptors (Lipinski definition) is 4. The summed E-state index contributed by atoms with van der Waals surface area (Å²) in [5.74, 6) is -1.94. The van der Waals surface area contributed by atoms with Gasteiger partial charge in [-0.15, -0.1) is 0 Å². The molecule has 27 heavy (non-hydrogen) atoms. The Hall–Kier alpha value is -3.48. The van der Waals surface area contributed by atoms with Gasteiger partial charge in [0.15, 0.2) is 0 Å². The van der Waals surface area contributed by atoms with E-state index in [9.17, 15) is 14.4 Å². The van der Waals surface area contributed by atoms with Crippen LogP contribution in [0.4, 0.5) is 5.69 Å². The molecule has 0 aliphatic rings. The van der Waals surface area contributed by atoms with Crippen molar-refractivity contribution in [1.29, 1.82) is 0 Å². The van der Waals surface area contributed by atoms with E-state index < -0.39 is 11.8 Å². The van der Waals surface area contributed by atoms with E-state index >= 15 is 0 Å². The Morgan fingerprint density at radius 2 is 1.59 bits per heavy atom. The van der Waals surface area contributed by atoms with Crippen molar-refractivity contribution in [1.82, 2.24) is 10.7 Å². The number of hydrogen-bond donors (Lipinski definition) is 3. The molecule has 0 aromatic heterocycles. The van der Waals surface area contributed by atoms with E-state index in [4.69, 9.17) is 0 Å². The van der Waals surface area contributed by atoms with Gasteiger partial charge in [-0.1, -0.05) is 48.0 Å². The third-order valence-electron chi connectivity index (χ3n) is 3.60. The summed E-state index contributed by atoms with van der Waals surface area (Å²) >= 11 is 0. The van der Waals surface area contributed by atoms with Crippen molar-refractivity contribution in [2.75, 3.05) is 5.32 Å². The average Bonchev–Trinajstić information content (AvgIpc) is 2.66. The van der Waals surface area contributed by atoms with Crippen molar-refractivity contribution in [3.8, 4) is 0 Å². The van der Waals surface area contributed by atoms with Crippen LogP contribution in [0.3, 0.4) is 0 Å². The number of hydrazone groups is 1. The molecule has 7 nitrogen and oxygen atoms in total. The molecule has 2 rings (SSSR count). The number of nitrogens with one attached hydrogen (secondary N) is 3. The molecule has 0 saturated carbocycles. The molecule has 0 unspecified atom stereocenters. The van der Waals surface area contributed by atoms with Crippen LogP contribution >= 0.6 is 0 Å². The molecular weight excluding hydrogens is 344 g/mol. The first-order valence-corrected chi connectivity index (χ1v) is 8.46. The van der Waals surface area contributed by atoms with Crippen molar-refractivity contribution in [2.45, 2.75) is 26.8 Å². The minimum absolute atomic E-state index is 0.000208. The van der Waals surface area contributed by atoms with Crippen LogP contribution in [0.1, 0.15) is 24.5 Å². The molecule has 0 bridgehead atoms. The Kier molecular flexibility index (Phi) is 7.25. The molecule has 0 aliphatic carbocycles. The molecule has 2 aromatic carbocycles. The number of benzene rings is 2. The lowest BCUT2D eigenvalue weighted by Crippen LogP contribution is -2.37. The van der Waals surface area contributed by atoms with Gasteiger partial charge >= 0.3 is 11.8 Å². The number of nitrogens with zero attached hydrogens (tertiary/aromatic N) is 1. The highest BCUT2D eigenvalue weighted by atomic mass is 16.2. The number of carbonyl (C=O) groups excluding carboxylic acids is 3. The van der Waals surface area contributed by atoms with E-state index in [2.05, 4.69) is 21.2 Å². The number of carbonyl (C=O) groups is 3. The Morgan fingerprint density at radius 3 is 2.26 bits per heavy atom. The summed E-state index contributed by atoms with van der Waals surface area (Å²) in [5.41, 5.74) is 5.19. The number of rotatable bonds is 6. The van der Waals surface area contributed by atoms with Crippen LogP contribution in [-0.2, 0) is 20.9 Å². The summed E-state index contributed by atoms with van der Waals surface area (Å²) < 4.78 is 0. The highest BCUT2D eigenvalue weighted by molar-refractivity contribution is 6.35. The predicted octanol–water partition coefficient (Wildman–Crippen LogP) is 2.13. The molecule has 3 N–H and O–H groups in total. The minimum atomic E-state index is -0.885. The SMILES string of the molecule is CC(CC(=O)Nc1ccc(C)cc1)=NNC(=O)C(=O)NCc1ccccc1. The molecule has 3 amide bonds. The van der Waals surface area contributed by atoms with E-state index in [0.29, 0.717) is 11.4 Å². The van der Waals surface area contributed by atoms with Gasteiger partial charge in [0.1, 0.15) is 0 Å². The second-order valence-corrected chi connectivity index (χ2v) is 6.05. The van der Waals surface area contributed by atoms with Crippen molar-refractivity contribution >= 4 is 29.1 Å². The third kappa shape index (κ3) is 7.11. The summed E-state index contributed by atoms with van der Waals surface area (Å²) in [6.45, 7) is 3.80. The van der Waals surface area contributed by atoms with E-state index in [1.807, 2.05) is 49.4 Å². The van der Waals surface area contributed by atoms with Crippen LogP contribution in [-0.4, -0.2) is 23.4 Å². The molecule has 0 atom stereocenters. The average molecular weight is 366 g/mol. The fourth-order valence-electron chi connectivity index (χ4n) is 2.17. The Labute approximate surface area is 157 Å². The van der Waals surface area contributed by atoms with Crippen molar-refractivity contribution in [3.63, 3.8) is 0 Å². The molecule has 0 radical (unpaired) electrons. The Bertz CT molecular complexity index is 830. The van der Waals surface area contributed by atoms with E-state index in [1.54, 1.807) is 19.1 Å². The van der Waals surface area contributed by atoms with Crippen LogP contribution < -0.4 is 16.1 Å². The summed E-state index contributed by atoms with van der Waals surface area (Å²) in [7, 11) is 0. The van der Waals surface area contributed by atoms with E-state index in [-0.39, 0.29) is 18.9 Å². The maximum Gasteiger partial charge on any atom is 0.329 e. The second kappa shape index (κ2) is 9.86. The van der Waals surface area contributed by atoms with E-state index in [0.717, 1.165) is 11.1 Å². The highest BCUT2D eigenvalue weighted by Crippen LogP contribution is 2.08. The second-order valence-electron chi connectivity index (χ2n) is 6.05. The normalized spacial score (nSPS) is 10.8. The lowest BCUT2D eigenvalue weighted by Gasteiger charge is -2.06. The molecule has 0 saturated heterocycles. The van der Waals surface area contributed by atoms with Crippen LogP contribution in [0.5, 0.6) is 0 Å². The standard InChI is InChI=1S/C20H22N4O3/c1-14-8-10-17(11-9-14)22-18(25)12-15(2)23-24-20(27)19(26)21-13-16-6-4-3-5-7-16/h3-11H,12-13H2,1-2H3,(H,21,26)(H,22,25)(H,24,27). The first-order chi connectivity index (χ1) is 12.9. The molecule has 2 aromatic rings. The van der Waals surface area contributed by atoms with Gasteiger partial charge in [0, 0.05) is 17.9 Å². The molecule has 0 fully saturated rings. The van der Waals surface area contributed by atoms with E-state index in [1.165, 1.54) is 0 Å². The minimum Gasteiger partial charge on any atom is -0.344 e. The summed E-state index contributed by atoms with van der Waals surface area (Å²) in [5, 5.41) is 9.03. The molecule has 0 heterocycles. The zero-order valence-electron chi connectivity index (χ0n) is 15.3. The first kappa shape index (κ1) is 19.8. The molecule has 0 spiro atoms. The lowest BCUT2D eigenvalue weighted by molar-refractivity contribution is -0.139. The van der Waals surface area contributed by atoms with Gasteiger partial charge in [0.25, 0.3) is 0 Å². The van der Waals surface area contributed by atoms with Crippen molar-refractivity contribution in [3.05, 3.63) is 65.7 Å². The molecule has 140 valence electrons. The molecule has 7 heteroatoms. The van der Waals surface area contributed by atoms with Gasteiger partial charge in [-0.3, -0.25) is 14.4 Å². The molecule has 0 aliphatic heterocycles. The van der Waals surface area contributed by atoms with Gasteiger partial charge in [0.2, 0.25) is 5.91 Å². The zero-order valence-corrected chi connectivity index (χ0v) is 15.3. The predicted molar refractivity (Wildman–Crippen MR) is 104 cm³/mol. The zero-order chi connectivity index (χ0) is 19.6. The third-order valence-corrected chi connectivity index (χ3v) is 3.60. The monoisotopic (exact) mass is 366 g/mol. The van der Waals surface area contributed by atoms with Crippen LogP contribution in [0.15, 0.2) is 59.7 Å². The van der Waals surface area contributed by atoms with Crippen molar-refractivity contribution < 1.29 is 14.4 Å². The lowest BCUT2D eigenvalue weighted by atomic mass is 10.2. The number of anilines is 1. The summed E-state index contributed by atoms with van der Waals surface area (Å²) in [6, 6.07) is 16.6. The largest absolute Gasteiger partial charge is 0.344 e. The van der Waals surface area contributed by atoms with Crippen LogP contribution in [0.2, 0.25) is 0 Å². The maximum absolute atomic E-state index is 12.0. The van der Waals surface area contributed by atoms with Crippen LogP contribution in [0.25, 0.3) is 0 Å².